The summed E-state index contributed by atoms with van der Waals surface area (Å²) >= 11 is 0. The molecule has 1 fully saturated rings. The van der Waals surface area contributed by atoms with Gasteiger partial charge in [-0.1, -0.05) is 65.0 Å². The van der Waals surface area contributed by atoms with Gasteiger partial charge in [-0.2, -0.15) is 0 Å². The molecule has 1 aromatic carbocycles. The van der Waals surface area contributed by atoms with E-state index in [0.717, 1.165) is 42.0 Å². The van der Waals surface area contributed by atoms with Gasteiger partial charge in [-0.15, -0.1) is 0 Å². The molecule has 170 valence electrons. The molecule has 1 amide bonds. The molecule has 1 aliphatic heterocycles. The van der Waals surface area contributed by atoms with Gasteiger partial charge in [-0.25, -0.2) is 4.98 Å². The first-order chi connectivity index (χ1) is 15.4. The van der Waals surface area contributed by atoms with Crippen LogP contribution in [0.25, 0.3) is 17.1 Å². The van der Waals surface area contributed by atoms with Gasteiger partial charge in [0, 0.05) is 24.5 Å². The highest BCUT2D eigenvalue weighted by Crippen LogP contribution is 2.33. The maximum Gasteiger partial charge on any atom is 0.251 e. The Morgan fingerprint density at radius 1 is 1.16 bits per heavy atom. The minimum atomic E-state index is 0.0396. The Morgan fingerprint density at radius 3 is 2.66 bits per heavy atom. The van der Waals surface area contributed by atoms with Crippen LogP contribution in [0, 0.1) is 11.3 Å². The number of nitrogens with zero attached hydrogens (tertiary/aromatic N) is 3. The fourth-order valence-corrected chi connectivity index (χ4v) is 4.99. The Hall–Kier alpha value is -2.69. The third-order valence-electron chi connectivity index (χ3n) is 6.44. The Kier molecular flexibility index (Phi) is 6.92. The standard InChI is InChI=1S/C27H36N4O/c1-27(2,3)16-23-19-28-18-22(15-20-9-5-4-6-10-20)31(23)26(32)14-13-21-17-29-24-11-7-8-12-25(24)30-21/h7-8,11-14,17,19-20,22,28H,4-6,9-10,15-16,18H2,1-3H3/b14-13+. The van der Waals surface area contributed by atoms with Gasteiger partial charge in [0.05, 0.1) is 29.0 Å². The number of carbonyl (C=O) groups is 1. The summed E-state index contributed by atoms with van der Waals surface area (Å²) in [6, 6.07) is 8.00. The van der Waals surface area contributed by atoms with Crippen LogP contribution in [0.2, 0.25) is 0 Å². The summed E-state index contributed by atoms with van der Waals surface area (Å²) in [5.74, 6) is 0.757. The zero-order chi connectivity index (χ0) is 22.6. The summed E-state index contributed by atoms with van der Waals surface area (Å²) in [6.45, 7) is 7.49. The monoisotopic (exact) mass is 432 g/mol. The zero-order valence-electron chi connectivity index (χ0n) is 19.7. The summed E-state index contributed by atoms with van der Waals surface area (Å²) in [5, 5.41) is 3.47. The molecule has 2 aliphatic rings. The van der Waals surface area contributed by atoms with Gasteiger partial charge < -0.3 is 10.2 Å². The van der Waals surface area contributed by atoms with Gasteiger partial charge in [0.2, 0.25) is 0 Å². The first-order valence-corrected chi connectivity index (χ1v) is 12.0. The summed E-state index contributed by atoms with van der Waals surface area (Å²) in [6.07, 6.45) is 15.8. The van der Waals surface area contributed by atoms with E-state index in [-0.39, 0.29) is 17.4 Å². The molecule has 5 heteroatoms. The van der Waals surface area contributed by atoms with Crippen molar-refractivity contribution in [3.8, 4) is 0 Å². The van der Waals surface area contributed by atoms with E-state index in [1.54, 1.807) is 18.3 Å². The van der Waals surface area contributed by atoms with E-state index in [1.165, 1.54) is 32.1 Å². The second-order valence-corrected chi connectivity index (χ2v) is 10.5. The van der Waals surface area contributed by atoms with E-state index < -0.39 is 0 Å². The molecule has 1 aromatic heterocycles. The molecular weight excluding hydrogens is 396 g/mol. The van der Waals surface area contributed by atoms with Gasteiger partial charge in [-0.05, 0) is 42.4 Å². The van der Waals surface area contributed by atoms with Crippen molar-refractivity contribution in [3.63, 3.8) is 0 Å². The molecule has 1 atom stereocenters. The maximum atomic E-state index is 13.5. The van der Waals surface area contributed by atoms with Gasteiger partial charge in [-0.3, -0.25) is 9.78 Å². The number of para-hydroxylation sites is 2. The van der Waals surface area contributed by atoms with Gasteiger partial charge in [0.1, 0.15) is 0 Å². The van der Waals surface area contributed by atoms with Crippen LogP contribution in [0.3, 0.4) is 0 Å². The molecule has 0 spiro atoms. The summed E-state index contributed by atoms with van der Waals surface area (Å²) in [7, 11) is 0. The van der Waals surface area contributed by atoms with Gasteiger partial charge >= 0.3 is 0 Å². The maximum absolute atomic E-state index is 13.5. The lowest BCUT2D eigenvalue weighted by atomic mass is 9.83. The van der Waals surface area contributed by atoms with Crippen molar-refractivity contribution < 1.29 is 4.79 Å². The first-order valence-electron chi connectivity index (χ1n) is 12.0. The number of fused-ring (bicyclic) bond motifs is 1. The van der Waals surface area contributed by atoms with Crippen LogP contribution in [-0.2, 0) is 4.79 Å². The van der Waals surface area contributed by atoms with E-state index >= 15 is 0 Å². The number of aromatic nitrogens is 2. The predicted molar refractivity (Wildman–Crippen MR) is 131 cm³/mol. The second kappa shape index (κ2) is 9.85. The van der Waals surface area contributed by atoms with Gasteiger partial charge in [0.25, 0.3) is 5.91 Å². The number of hydrogen-bond acceptors (Lipinski definition) is 4. The van der Waals surface area contributed by atoms with Crippen molar-refractivity contribution in [1.29, 1.82) is 0 Å². The van der Waals surface area contributed by atoms with Crippen LogP contribution in [0.15, 0.2) is 48.4 Å². The molecule has 1 saturated carbocycles. The molecule has 0 radical (unpaired) electrons. The van der Waals surface area contributed by atoms with Crippen LogP contribution in [-0.4, -0.2) is 33.4 Å². The molecule has 5 nitrogen and oxygen atoms in total. The van der Waals surface area contributed by atoms with Crippen molar-refractivity contribution in [3.05, 3.63) is 54.1 Å². The normalized spacial score (nSPS) is 20.4. The van der Waals surface area contributed by atoms with Crippen molar-refractivity contribution in [1.82, 2.24) is 20.2 Å². The highest BCUT2D eigenvalue weighted by molar-refractivity contribution is 5.93. The minimum absolute atomic E-state index is 0.0396. The molecule has 32 heavy (non-hydrogen) atoms. The third kappa shape index (κ3) is 5.76. The molecule has 0 saturated heterocycles. The highest BCUT2D eigenvalue weighted by Gasteiger charge is 2.32. The Labute approximate surface area is 192 Å². The lowest BCUT2D eigenvalue weighted by Gasteiger charge is -2.40. The lowest BCUT2D eigenvalue weighted by molar-refractivity contribution is -0.127. The van der Waals surface area contributed by atoms with Crippen LogP contribution < -0.4 is 5.32 Å². The fourth-order valence-electron chi connectivity index (χ4n) is 4.99. The lowest BCUT2D eigenvalue weighted by Crippen LogP contribution is -2.49. The average molecular weight is 433 g/mol. The topological polar surface area (TPSA) is 58.1 Å². The van der Waals surface area contributed by atoms with Crippen molar-refractivity contribution >= 4 is 23.0 Å². The van der Waals surface area contributed by atoms with Crippen LogP contribution >= 0.6 is 0 Å². The second-order valence-electron chi connectivity index (χ2n) is 10.5. The zero-order valence-corrected chi connectivity index (χ0v) is 19.7. The summed E-state index contributed by atoms with van der Waals surface area (Å²) in [4.78, 5) is 24.7. The fraction of sp³-hybridized carbons (Fsp3) is 0.519. The first kappa shape index (κ1) is 22.5. The van der Waals surface area contributed by atoms with Crippen molar-refractivity contribution in [2.45, 2.75) is 71.8 Å². The van der Waals surface area contributed by atoms with E-state index in [9.17, 15) is 4.79 Å². The van der Waals surface area contributed by atoms with E-state index in [4.69, 9.17) is 0 Å². The smallest absolute Gasteiger partial charge is 0.251 e. The number of hydrogen-bond donors (Lipinski definition) is 1. The molecule has 1 aliphatic carbocycles. The molecule has 4 rings (SSSR count). The largest absolute Gasteiger partial charge is 0.387 e. The molecule has 2 aromatic rings. The highest BCUT2D eigenvalue weighted by atomic mass is 16.2. The van der Waals surface area contributed by atoms with E-state index in [2.05, 4.69) is 41.0 Å². The molecular formula is C27H36N4O. The predicted octanol–water partition coefficient (Wildman–Crippen LogP) is 5.69. The van der Waals surface area contributed by atoms with Gasteiger partial charge in [0.15, 0.2) is 0 Å². The van der Waals surface area contributed by atoms with Crippen LogP contribution in [0.5, 0.6) is 0 Å². The molecule has 1 unspecified atom stereocenters. The number of benzene rings is 1. The van der Waals surface area contributed by atoms with Crippen LogP contribution in [0.1, 0.15) is 71.4 Å². The molecule has 2 heterocycles. The van der Waals surface area contributed by atoms with E-state index in [1.807, 2.05) is 30.5 Å². The number of carbonyl (C=O) groups excluding carboxylic acids is 1. The Morgan fingerprint density at radius 2 is 1.91 bits per heavy atom. The quantitative estimate of drug-likeness (QED) is 0.617. The summed E-state index contributed by atoms with van der Waals surface area (Å²) in [5.41, 5.74) is 3.60. The van der Waals surface area contributed by atoms with Crippen LogP contribution in [0.4, 0.5) is 0 Å². The number of rotatable bonds is 5. The number of allylic oxidation sites excluding steroid dienone is 1. The SMILES string of the molecule is CC(C)(C)CC1=CNCC(CC2CCCCC2)N1C(=O)/C=C/c1cnc2ccccc2n1. The Balaban J connectivity index is 1.55. The number of amides is 1. The van der Waals surface area contributed by atoms with Crippen molar-refractivity contribution in [2.75, 3.05) is 6.54 Å². The number of nitrogens with one attached hydrogen (secondary N) is 1. The molecule has 0 bridgehead atoms. The van der Waals surface area contributed by atoms with E-state index in [0.29, 0.717) is 5.69 Å². The van der Waals surface area contributed by atoms with Crippen molar-refractivity contribution in [2.24, 2.45) is 11.3 Å². The summed E-state index contributed by atoms with van der Waals surface area (Å²) < 4.78 is 0. The third-order valence-corrected chi connectivity index (χ3v) is 6.44. The average Bonchev–Trinajstić information content (AvgIpc) is 2.77. The Bertz CT molecular complexity index is 998. The minimum Gasteiger partial charge on any atom is -0.387 e. The molecule has 1 N–H and O–H groups in total.